The molecule has 0 fully saturated rings. The largest absolute Gasteiger partial charge is 0.486 e. The number of amides is 1. The average Bonchev–Trinajstić information content (AvgIpc) is 3.34. The number of aromatic amines is 1. The van der Waals surface area contributed by atoms with E-state index in [1.165, 1.54) is 17.2 Å². The van der Waals surface area contributed by atoms with Gasteiger partial charge in [0.1, 0.15) is 17.5 Å². The number of aromatic nitrogens is 3. The molecule has 0 saturated heterocycles. The second-order valence-corrected chi connectivity index (χ2v) is 10.2. The third-order valence-electron chi connectivity index (χ3n) is 6.89. The van der Waals surface area contributed by atoms with Gasteiger partial charge in [0, 0.05) is 55.7 Å². The maximum Gasteiger partial charge on any atom is 0.247 e. The molecule has 2 aromatic carbocycles. The number of benzene rings is 2. The molecule has 39 heavy (non-hydrogen) atoms. The number of hydrogen-bond donors (Lipinski definition) is 2. The standard InChI is InChI=1S/C29H29Cl2N5O3/c1-4-27(37)33-26-12-18-7-8-36(9-10-38-3)16-19(18)11-21(26)29-22-13-20(5-6-25(22)34-35-29)39-17(2)28-23(30)14-32-15-24(28)31/h4-6,11-15,17H,1,7-10,16H2,2-3H3,(H,33,37)(H,34,35)/t17-/m1/s1. The predicted molar refractivity (Wildman–Crippen MR) is 155 cm³/mol. The van der Waals surface area contributed by atoms with E-state index in [-0.39, 0.29) is 5.91 Å². The number of nitrogens with zero attached hydrogens (tertiary/aromatic N) is 3. The molecule has 202 valence electrons. The highest BCUT2D eigenvalue weighted by Gasteiger charge is 2.22. The van der Waals surface area contributed by atoms with Crippen LogP contribution >= 0.6 is 23.2 Å². The summed E-state index contributed by atoms with van der Waals surface area (Å²) in [4.78, 5) is 18.7. The third-order valence-corrected chi connectivity index (χ3v) is 7.49. The zero-order chi connectivity index (χ0) is 27.5. The van der Waals surface area contributed by atoms with Crippen molar-refractivity contribution in [3.63, 3.8) is 0 Å². The van der Waals surface area contributed by atoms with Gasteiger partial charge in [-0.05, 0) is 60.9 Å². The van der Waals surface area contributed by atoms with Crippen molar-refractivity contribution in [1.82, 2.24) is 20.1 Å². The fourth-order valence-electron chi connectivity index (χ4n) is 4.91. The highest BCUT2D eigenvalue weighted by molar-refractivity contribution is 6.35. The molecule has 1 aliphatic rings. The first-order valence-corrected chi connectivity index (χ1v) is 13.4. The van der Waals surface area contributed by atoms with Crippen LogP contribution in [0.2, 0.25) is 10.0 Å². The SMILES string of the molecule is C=CC(=O)Nc1cc2c(cc1-c1n[nH]c3ccc(O[C@H](C)c4c(Cl)cncc4Cl)cc13)CN(CCOC)CC2. The van der Waals surface area contributed by atoms with E-state index in [0.717, 1.165) is 42.5 Å². The van der Waals surface area contributed by atoms with Gasteiger partial charge in [-0.1, -0.05) is 29.8 Å². The van der Waals surface area contributed by atoms with Crippen molar-refractivity contribution < 1.29 is 14.3 Å². The average molecular weight is 566 g/mol. The van der Waals surface area contributed by atoms with E-state index >= 15 is 0 Å². The van der Waals surface area contributed by atoms with Crippen LogP contribution in [-0.2, 0) is 22.5 Å². The minimum Gasteiger partial charge on any atom is -0.486 e. The molecule has 0 aliphatic carbocycles. The number of rotatable bonds is 9. The molecule has 1 amide bonds. The predicted octanol–water partition coefficient (Wildman–Crippen LogP) is 6.20. The van der Waals surface area contributed by atoms with Crippen LogP contribution in [0.4, 0.5) is 5.69 Å². The van der Waals surface area contributed by atoms with Crippen molar-refractivity contribution in [2.45, 2.75) is 26.0 Å². The van der Waals surface area contributed by atoms with Gasteiger partial charge in [0.2, 0.25) is 5.91 Å². The lowest BCUT2D eigenvalue weighted by atomic mass is 9.93. The van der Waals surface area contributed by atoms with Crippen LogP contribution in [0, 0.1) is 0 Å². The molecule has 2 N–H and O–H groups in total. The second-order valence-electron chi connectivity index (χ2n) is 9.44. The highest BCUT2D eigenvalue weighted by atomic mass is 35.5. The molecule has 5 rings (SSSR count). The van der Waals surface area contributed by atoms with Crippen LogP contribution in [0.15, 0.2) is 55.4 Å². The summed E-state index contributed by atoms with van der Waals surface area (Å²) in [5, 5.41) is 12.5. The summed E-state index contributed by atoms with van der Waals surface area (Å²) in [5.41, 5.74) is 6.12. The Labute approximate surface area is 236 Å². The molecule has 1 aliphatic heterocycles. The van der Waals surface area contributed by atoms with E-state index in [9.17, 15) is 4.79 Å². The summed E-state index contributed by atoms with van der Waals surface area (Å²) in [5.74, 6) is 0.347. The van der Waals surface area contributed by atoms with Gasteiger partial charge in [0.25, 0.3) is 0 Å². The number of H-pyrrole nitrogens is 1. The number of nitrogens with one attached hydrogen (secondary N) is 2. The molecule has 8 nitrogen and oxygen atoms in total. The van der Waals surface area contributed by atoms with Crippen molar-refractivity contribution in [2.75, 3.05) is 32.1 Å². The Hall–Kier alpha value is -3.43. The molecule has 0 unspecified atom stereocenters. The number of methoxy groups -OCH3 is 1. The number of pyridine rings is 1. The monoisotopic (exact) mass is 565 g/mol. The van der Waals surface area contributed by atoms with Crippen LogP contribution in [0.25, 0.3) is 22.2 Å². The molecule has 0 radical (unpaired) electrons. The van der Waals surface area contributed by atoms with Gasteiger partial charge in [-0.25, -0.2) is 0 Å². The molecule has 1 atom stereocenters. The van der Waals surface area contributed by atoms with Crippen molar-refractivity contribution in [3.05, 3.63) is 82.1 Å². The minimum absolute atomic E-state index is 0.280. The fourth-order valence-corrected chi connectivity index (χ4v) is 5.58. The zero-order valence-electron chi connectivity index (χ0n) is 21.8. The van der Waals surface area contributed by atoms with Crippen molar-refractivity contribution in [1.29, 1.82) is 0 Å². The Morgan fingerprint density at radius 1 is 1.23 bits per heavy atom. The summed E-state index contributed by atoms with van der Waals surface area (Å²) in [6.45, 7) is 8.75. The number of fused-ring (bicyclic) bond motifs is 2. The lowest BCUT2D eigenvalue weighted by molar-refractivity contribution is -0.111. The van der Waals surface area contributed by atoms with Crippen LogP contribution in [0.1, 0.15) is 29.7 Å². The third kappa shape index (κ3) is 5.79. The first kappa shape index (κ1) is 27.1. The van der Waals surface area contributed by atoms with E-state index in [2.05, 4.69) is 44.1 Å². The number of ether oxygens (including phenoxy) is 2. The number of anilines is 1. The van der Waals surface area contributed by atoms with E-state index in [0.29, 0.717) is 39.3 Å². The summed E-state index contributed by atoms with van der Waals surface area (Å²) >= 11 is 12.7. The topological polar surface area (TPSA) is 92.4 Å². The molecule has 0 spiro atoms. The van der Waals surface area contributed by atoms with E-state index in [4.69, 9.17) is 32.7 Å². The van der Waals surface area contributed by atoms with Gasteiger partial charge in [-0.15, -0.1) is 0 Å². The maximum absolute atomic E-state index is 12.3. The Kier molecular flexibility index (Phi) is 8.18. The highest BCUT2D eigenvalue weighted by Crippen LogP contribution is 2.38. The molecule has 3 heterocycles. The molecule has 0 saturated carbocycles. The Bertz CT molecular complexity index is 1520. The van der Waals surface area contributed by atoms with Crippen molar-refractivity contribution >= 4 is 45.7 Å². The quantitative estimate of drug-likeness (QED) is 0.235. The van der Waals surface area contributed by atoms with Crippen LogP contribution < -0.4 is 10.1 Å². The van der Waals surface area contributed by atoms with Gasteiger partial charge in [0.15, 0.2) is 0 Å². The lowest BCUT2D eigenvalue weighted by Gasteiger charge is -2.29. The maximum atomic E-state index is 12.3. The Morgan fingerprint density at radius 3 is 2.77 bits per heavy atom. The van der Waals surface area contributed by atoms with Crippen LogP contribution in [0.5, 0.6) is 5.75 Å². The fraction of sp³-hybridized carbons (Fsp3) is 0.276. The van der Waals surface area contributed by atoms with Gasteiger partial charge >= 0.3 is 0 Å². The normalized spacial score (nSPS) is 14.2. The number of hydrogen-bond acceptors (Lipinski definition) is 6. The Morgan fingerprint density at radius 2 is 2.03 bits per heavy atom. The first-order chi connectivity index (χ1) is 18.9. The second kappa shape index (κ2) is 11.8. The molecule has 2 aromatic heterocycles. The van der Waals surface area contributed by atoms with Crippen molar-refractivity contribution in [2.24, 2.45) is 0 Å². The first-order valence-electron chi connectivity index (χ1n) is 12.6. The number of carbonyl (C=O) groups excluding carboxylic acids is 1. The lowest BCUT2D eigenvalue weighted by Crippen LogP contribution is -2.33. The smallest absolute Gasteiger partial charge is 0.247 e. The van der Waals surface area contributed by atoms with Gasteiger partial charge in [-0.2, -0.15) is 5.10 Å². The minimum atomic E-state index is -0.412. The van der Waals surface area contributed by atoms with Crippen LogP contribution in [0.3, 0.4) is 0 Å². The summed E-state index contributed by atoms with van der Waals surface area (Å²) in [7, 11) is 1.71. The van der Waals surface area contributed by atoms with Gasteiger partial charge in [0.05, 0.1) is 27.9 Å². The van der Waals surface area contributed by atoms with Gasteiger partial charge < -0.3 is 14.8 Å². The molecular formula is C29H29Cl2N5O3. The molecular weight excluding hydrogens is 537 g/mol. The zero-order valence-corrected chi connectivity index (χ0v) is 23.3. The molecule has 4 aromatic rings. The molecule has 0 bridgehead atoms. The summed E-state index contributed by atoms with van der Waals surface area (Å²) in [6, 6.07) is 9.88. The summed E-state index contributed by atoms with van der Waals surface area (Å²) in [6.07, 6.45) is 4.83. The Balaban J connectivity index is 1.53. The van der Waals surface area contributed by atoms with Crippen LogP contribution in [-0.4, -0.2) is 52.8 Å². The van der Waals surface area contributed by atoms with Crippen molar-refractivity contribution in [3.8, 4) is 17.0 Å². The van der Waals surface area contributed by atoms with E-state index < -0.39 is 6.10 Å². The molecule has 10 heteroatoms. The number of halogens is 2. The van der Waals surface area contributed by atoms with E-state index in [1.807, 2.05) is 25.1 Å². The summed E-state index contributed by atoms with van der Waals surface area (Å²) < 4.78 is 11.5. The number of carbonyl (C=O) groups is 1. The van der Waals surface area contributed by atoms with E-state index in [1.54, 1.807) is 19.5 Å². The van der Waals surface area contributed by atoms with Gasteiger partial charge in [-0.3, -0.25) is 19.8 Å².